The van der Waals surface area contributed by atoms with Gasteiger partial charge >= 0.3 is 6.16 Å². The summed E-state index contributed by atoms with van der Waals surface area (Å²) in [6, 6.07) is 0. The fraction of sp³-hybridized carbons (Fsp3) is 0.857. The van der Waals surface area contributed by atoms with Gasteiger partial charge in [0.15, 0.2) is 0 Å². The zero-order valence-electron chi connectivity index (χ0n) is 6.87. The lowest BCUT2D eigenvalue weighted by Crippen LogP contribution is -2.08. The van der Waals surface area contributed by atoms with Gasteiger partial charge in [0.25, 0.3) is 0 Å². The van der Waals surface area contributed by atoms with Gasteiger partial charge in [0.1, 0.15) is 0 Å². The van der Waals surface area contributed by atoms with Crippen molar-refractivity contribution in [2.75, 3.05) is 13.2 Å². The van der Waals surface area contributed by atoms with Crippen LogP contribution in [0.1, 0.15) is 20.3 Å². The molecule has 4 heteroatoms. The SMILES string of the molecule is CC(C)OCCCOC(=O)O. The van der Waals surface area contributed by atoms with Gasteiger partial charge in [0.05, 0.1) is 19.3 Å². The van der Waals surface area contributed by atoms with Crippen LogP contribution in [0.3, 0.4) is 0 Å². The van der Waals surface area contributed by atoms with Gasteiger partial charge < -0.3 is 14.6 Å². The Balaban J connectivity index is 2.97. The highest BCUT2D eigenvalue weighted by atomic mass is 16.7. The monoisotopic (exact) mass is 162 g/mol. The van der Waals surface area contributed by atoms with Crippen LogP contribution < -0.4 is 0 Å². The van der Waals surface area contributed by atoms with Crippen LogP contribution >= 0.6 is 0 Å². The molecular weight excluding hydrogens is 148 g/mol. The van der Waals surface area contributed by atoms with Gasteiger partial charge in [-0.05, 0) is 13.8 Å². The number of ether oxygens (including phenoxy) is 2. The lowest BCUT2D eigenvalue weighted by molar-refractivity contribution is 0.0514. The van der Waals surface area contributed by atoms with Crippen LogP contribution in [0.25, 0.3) is 0 Å². The van der Waals surface area contributed by atoms with Gasteiger partial charge in [-0.15, -0.1) is 0 Å². The predicted molar refractivity (Wildman–Crippen MR) is 39.7 cm³/mol. The van der Waals surface area contributed by atoms with E-state index in [4.69, 9.17) is 9.84 Å². The Morgan fingerprint density at radius 1 is 1.45 bits per heavy atom. The van der Waals surface area contributed by atoms with E-state index in [2.05, 4.69) is 4.74 Å². The second-order valence-electron chi connectivity index (χ2n) is 2.39. The molecule has 0 rings (SSSR count). The molecule has 0 bridgehead atoms. The van der Waals surface area contributed by atoms with Crippen LogP contribution in [0.5, 0.6) is 0 Å². The van der Waals surface area contributed by atoms with Crippen molar-refractivity contribution in [3.05, 3.63) is 0 Å². The summed E-state index contributed by atoms with van der Waals surface area (Å²) in [7, 11) is 0. The summed E-state index contributed by atoms with van der Waals surface area (Å²) in [4.78, 5) is 9.83. The molecule has 0 unspecified atom stereocenters. The summed E-state index contributed by atoms with van der Waals surface area (Å²) < 4.78 is 9.41. The summed E-state index contributed by atoms with van der Waals surface area (Å²) in [5.41, 5.74) is 0. The molecule has 0 aromatic carbocycles. The summed E-state index contributed by atoms with van der Waals surface area (Å²) in [6.45, 7) is 4.61. The maximum Gasteiger partial charge on any atom is 0.505 e. The second kappa shape index (κ2) is 5.97. The molecular formula is C7H14O4. The summed E-state index contributed by atoms with van der Waals surface area (Å²) in [5, 5.41) is 8.06. The van der Waals surface area contributed by atoms with Gasteiger partial charge in [-0.3, -0.25) is 0 Å². The van der Waals surface area contributed by atoms with Crippen molar-refractivity contribution in [2.45, 2.75) is 26.4 Å². The largest absolute Gasteiger partial charge is 0.505 e. The minimum absolute atomic E-state index is 0.194. The Hall–Kier alpha value is -0.770. The third-order valence-corrected chi connectivity index (χ3v) is 0.965. The van der Waals surface area contributed by atoms with Crippen molar-refractivity contribution in [2.24, 2.45) is 0 Å². The lowest BCUT2D eigenvalue weighted by atomic mass is 10.4. The summed E-state index contributed by atoms with van der Waals surface area (Å²) in [6.07, 6.45) is -0.417. The topological polar surface area (TPSA) is 55.8 Å². The van der Waals surface area contributed by atoms with Crippen molar-refractivity contribution in [3.8, 4) is 0 Å². The molecule has 0 aliphatic rings. The molecule has 0 amide bonds. The van der Waals surface area contributed by atoms with Gasteiger partial charge in [-0.1, -0.05) is 0 Å². The predicted octanol–water partition coefficient (Wildman–Crippen LogP) is 1.50. The molecule has 0 aromatic rings. The first-order valence-electron chi connectivity index (χ1n) is 3.60. The zero-order chi connectivity index (χ0) is 8.69. The van der Waals surface area contributed by atoms with Gasteiger partial charge in [0.2, 0.25) is 0 Å². The van der Waals surface area contributed by atoms with Crippen LogP contribution in [-0.4, -0.2) is 30.6 Å². The minimum atomic E-state index is -1.23. The molecule has 1 N–H and O–H groups in total. The normalized spacial score (nSPS) is 10.1. The van der Waals surface area contributed by atoms with E-state index in [0.29, 0.717) is 13.0 Å². The standard InChI is InChI=1S/C7H14O4/c1-6(2)10-4-3-5-11-7(8)9/h6H,3-5H2,1-2H3,(H,8,9). The molecule has 0 aromatic heterocycles. The molecule has 0 spiro atoms. The quantitative estimate of drug-likeness (QED) is 0.491. The molecule has 0 heterocycles. The molecule has 0 saturated heterocycles. The summed E-state index contributed by atoms with van der Waals surface area (Å²) >= 11 is 0. The van der Waals surface area contributed by atoms with E-state index in [1.165, 1.54) is 0 Å². The van der Waals surface area contributed by atoms with Crippen LogP contribution in [0, 0.1) is 0 Å². The molecule has 0 radical (unpaired) electrons. The van der Waals surface area contributed by atoms with Crippen molar-refractivity contribution in [1.29, 1.82) is 0 Å². The number of carbonyl (C=O) groups is 1. The van der Waals surface area contributed by atoms with E-state index in [-0.39, 0.29) is 12.7 Å². The highest BCUT2D eigenvalue weighted by Crippen LogP contribution is 1.90. The summed E-state index contributed by atoms with van der Waals surface area (Å²) in [5.74, 6) is 0. The van der Waals surface area contributed by atoms with Gasteiger partial charge in [-0.2, -0.15) is 0 Å². The molecule has 66 valence electrons. The van der Waals surface area contributed by atoms with E-state index < -0.39 is 6.16 Å². The number of rotatable bonds is 5. The first-order chi connectivity index (χ1) is 5.13. The number of carboxylic acid groups (broad SMARTS) is 1. The molecule has 0 aliphatic heterocycles. The van der Waals surface area contributed by atoms with Crippen molar-refractivity contribution in [3.63, 3.8) is 0 Å². The van der Waals surface area contributed by atoms with Crippen molar-refractivity contribution in [1.82, 2.24) is 0 Å². The van der Waals surface area contributed by atoms with Crippen LogP contribution in [0.15, 0.2) is 0 Å². The van der Waals surface area contributed by atoms with Crippen molar-refractivity contribution >= 4 is 6.16 Å². The average molecular weight is 162 g/mol. The zero-order valence-corrected chi connectivity index (χ0v) is 6.87. The van der Waals surface area contributed by atoms with Crippen LogP contribution in [0.4, 0.5) is 4.79 Å². The first kappa shape index (κ1) is 10.2. The van der Waals surface area contributed by atoms with Gasteiger partial charge in [-0.25, -0.2) is 4.79 Å². The Kier molecular flexibility index (Phi) is 5.56. The highest BCUT2D eigenvalue weighted by Gasteiger charge is 1.96. The Bertz CT molecular complexity index is 111. The Labute approximate surface area is 66.1 Å². The molecule has 11 heavy (non-hydrogen) atoms. The van der Waals surface area contributed by atoms with Crippen molar-refractivity contribution < 1.29 is 19.4 Å². The van der Waals surface area contributed by atoms with Crippen LogP contribution in [-0.2, 0) is 9.47 Å². The van der Waals surface area contributed by atoms with E-state index in [0.717, 1.165) is 0 Å². The molecule has 4 nitrogen and oxygen atoms in total. The fourth-order valence-electron chi connectivity index (χ4n) is 0.537. The molecule has 0 fully saturated rings. The van der Waals surface area contributed by atoms with Crippen LogP contribution in [0.2, 0.25) is 0 Å². The smallest absolute Gasteiger partial charge is 0.450 e. The van der Waals surface area contributed by atoms with E-state index in [1.807, 2.05) is 13.8 Å². The fourth-order valence-corrected chi connectivity index (χ4v) is 0.537. The number of hydrogen-bond donors (Lipinski definition) is 1. The first-order valence-corrected chi connectivity index (χ1v) is 3.60. The lowest BCUT2D eigenvalue weighted by Gasteiger charge is -2.05. The molecule has 0 aliphatic carbocycles. The van der Waals surface area contributed by atoms with E-state index >= 15 is 0 Å². The van der Waals surface area contributed by atoms with E-state index in [1.54, 1.807) is 0 Å². The third-order valence-electron chi connectivity index (χ3n) is 0.965. The Morgan fingerprint density at radius 2 is 2.09 bits per heavy atom. The minimum Gasteiger partial charge on any atom is -0.450 e. The maximum atomic E-state index is 9.83. The van der Waals surface area contributed by atoms with Gasteiger partial charge in [0, 0.05) is 6.42 Å². The maximum absolute atomic E-state index is 9.83. The average Bonchev–Trinajstić information content (AvgIpc) is 1.85. The molecule has 0 atom stereocenters. The third kappa shape index (κ3) is 9.23. The van der Waals surface area contributed by atoms with E-state index in [9.17, 15) is 4.79 Å². The second-order valence-corrected chi connectivity index (χ2v) is 2.39. The molecule has 0 saturated carbocycles. The Morgan fingerprint density at radius 3 is 2.55 bits per heavy atom. The highest BCUT2D eigenvalue weighted by molar-refractivity contribution is 5.56. The number of hydrogen-bond acceptors (Lipinski definition) is 3.